The molecule has 0 aliphatic rings. The smallest absolute Gasteiger partial charge is 0.208 e. The van der Waals surface area contributed by atoms with Crippen LogP contribution in [0.25, 0.3) is 0 Å². The summed E-state index contributed by atoms with van der Waals surface area (Å²) in [7, 11) is -1.42. The van der Waals surface area contributed by atoms with Gasteiger partial charge >= 0.3 is 0 Å². The molecule has 0 amide bonds. The summed E-state index contributed by atoms with van der Waals surface area (Å²) in [5.74, 6) is 0. The summed E-state index contributed by atoms with van der Waals surface area (Å²) in [6.07, 6.45) is 2.05. The van der Waals surface area contributed by atoms with E-state index < -0.39 is 10.0 Å². The molecule has 0 rings (SSSR count). The Morgan fingerprint density at radius 3 is 2.44 bits per heavy atom. The van der Waals surface area contributed by atoms with Gasteiger partial charge in [-0.3, -0.25) is 0 Å². The summed E-state index contributed by atoms with van der Waals surface area (Å²) < 4.78 is 33.9. The molecule has 7 heteroatoms. The van der Waals surface area contributed by atoms with E-state index >= 15 is 0 Å². The molecule has 0 bridgehead atoms. The molecule has 0 unspecified atom stereocenters. The van der Waals surface area contributed by atoms with Gasteiger partial charge < -0.3 is 14.8 Å². The van der Waals surface area contributed by atoms with Gasteiger partial charge in [-0.25, -0.2) is 13.1 Å². The van der Waals surface area contributed by atoms with Crippen LogP contribution in [-0.2, 0) is 19.5 Å². The molecule has 0 radical (unpaired) electrons. The Balaban J connectivity index is 3.05. The lowest BCUT2D eigenvalue weighted by atomic mass is 10.4. The molecule has 16 heavy (non-hydrogen) atoms. The molecular weight excluding hydrogens is 232 g/mol. The van der Waals surface area contributed by atoms with Gasteiger partial charge in [-0.05, 0) is 13.0 Å². The van der Waals surface area contributed by atoms with Crippen molar-refractivity contribution < 1.29 is 17.9 Å². The van der Waals surface area contributed by atoms with Crippen LogP contribution in [-0.4, -0.2) is 61.2 Å². The van der Waals surface area contributed by atoms with Crippen LogP contribution >= 0.6 is 0 Å². The van der Waals surface area contributed by atoms with Crippen LogP contribution in [0.4, 0.5) is 0 Å². The Hall–Kier alpha value is -0.210. The number of hydrogen-bond donors (Lipinski definition) is 2. The van der Waals surface area contributed by atoms with E-state index in [-0.39, 0.29) is 0 Å². The van der Waals surface area contributed by atoms with Gasteiger partial charge in [0, 0.05) is 26.8 Å². The fourth-order valence-corrected chi connectivity index (χ4v) is 1.47. The molecule has 6 nitrogen and oxygen atoms in total. The highest BCUT2D eigenvalue weighted by molar-refractivity contribution is 7.88. The van der Waals surface area contributed by atoms with Gasteiger partial charge in [0.1, 0.15) is 0 Å². The van der Waals surface area contributed by atoms with E-state index in [0.717, 1.165) is 19.2 Å². The van der Waals surface area contributed by atoms with Crippen molar-refractivity contribution in [1.82, 2.24) is 10.0 Å². The summed E-state index contributed by atoms with van der Waals surface area (Å²) in [5.41, 5.74) is 0. The number of hydrogen-bond acceptors (Lipinski definition) is 5. The molecule has 0 aliphatic carbocycles. The summed E-state index contributed by atoms with van der Waals surface area (Å²) in [6.45, 7) is 3.79. The molecule has 98 valence electrons. The maximum atomic E-state index is 10.7. The van der Waals surface area contributed by atoms with E-state index in [0.29, 0.717) is 32.9 Å². The predicted molar refractivity (Wildman–Crippen MR) is 63.0 cm³/mol. The SMILES string of the molecule is COCCOCCCNCCNS(C)(=O)=O. The first-order valence-corrected chi connectivity index (χ1v) is 7.17. The number of ether oxygens (including phenoxy) is 2. The molecular formula is C9H22N2O4S. The van der Waals surface area contributed by atoms with Crippen LogP contribution in [0.1, 0.15) is 6.42 Å². The largest absolute Gasteiger partial charge is 0.382 e. The second kappa shape index (κ2) is 9.98. The first-order valence-electron chi connectivity index (χ1n) is 5.28. The highest BCUT2D eigenvalue weighted by Crippen LogP contribution is 1.81. The Morgan fingerprint density at radius 2 is 1.81 bits per heavy atom. The van der Waals surface area contributed by atoms with Crippen molar-refractivity contribution in [2.45, 2.75) is 6.42 Å². The van der Waals surface area contributed by atoms with Gasteiger partial charge in [0.05, 0.1) is 19.5 Å². The minimum Gasteiger partial charge on any atom is -0.382 e. The monoisotopic (exact) mass is 254 g/mol. The van der Waals surface area contributed by atoms with Crippen LogP contribution in [0.3, 0.4) is 0 Å². The molecule has 0 saturated carbocycles. The lowest BCUT2D eigenvalue weighted by Gasteiger charge is -2.06. The quantitative estimate of drug-likeness (QED) is 0.471. The molecule has 0 atom stereocenters. The van der Waals surface area contributed by atoms with E-state index in [1.807, 2.05) is 0 Å². The predicted octanol–water partition coefficient (Wildman–Crippen LogP) is -0.822. The minimum absolute atomic E-state index is 0.420. The van der Waals surface area contributed by atoms with Crippen LogP contribution in [0, 0.1) is 0 Å². The van der Waals surface area contributed by atoms with E-state index in [4.69, 9.17) is 9.47 Å². The van der Waals surface area contributed by atoms with Gasteiger partial charge in [0.2, 0.25) is 10.0 Å². The van der Waals surface area contributed by atoms with Crippen molar-refractivity contribution >= 4 is 10.0 Å². The fourth-order valence-electron chi connectivity index (χ4n) is 0.993. The zero-order valence-electron chi connectivity index (χ0n) is 9.99. The van der Waals surface area contributed by atoms with Crippen molar-refractivity contribution in [1.29, 1.82) is 0 Å². The third kappa shape index (κ3) is 13.8. The molecule has 0 spiro atoms. The number of nitrogens with one attached hydrogen (secondary N) is 2. The molecule has 0 aromatic rings. The maximum absolute atomic E-state index is 10.7. The van der Waals surface area contributed by atoms with Crippen molar-refractivity contribution in [3.8, 4) is 0 Å². The first kappa shape index (κ1) is 15.8. The van der Waals surface area contributed by atoms with Crippen molar-refractivity contribution in [2.24, 2.45) is 0 Å². The lowest BCUT2D eigenvalue weighted by Crippen LogP contribution is -2.31. The number of methoxy groups -OCH3 is 1. The highest BCUT2D eigenvalue weighted by Gasteiger charge is 1.97. The summed E-state index contributed by atoms with van der Waals surface area (Å²) in [5, 5.41) is 3.11. The van der Waals surface area contributed by atoms with Crippen molar-refractivity contribution in [3.05, 3.63) is 0 Å². The second-order valence-corrected chi connectivity index (χ2v) is 5.21. The van der Waals surface area contributed by atoms with E-state index in [1.165, 1.54) is 0 Å². The summed E-state index contributed by atoms with van der Waals surface area (Å²) in [4.78, 5) is 0. The van der Waals surface area contributed by atoms with Crippen LogP contribution < -0.4 is 10.0 Å². The molecule has 2 N–H and O–H groups in total. The third-order valence-electron chi connectivity index (χ3n) is 1.74. The minimum atomic E-state index is -3.06. The zero-order valence-corrected chi connectivity index (χ0v) is 10.8. The van der Waals surface area contributed by atoms with Crippen molar-refractivity contribution in [3.63, 3.8) is 0 Å². The van der Waals surface area contributed by atoms with Crippen LogP contribution in [0.2, 0.25) is 0 Å². The van der Waals surface area contributed by atoms with Gasteiger partial charge in [0.15, 0.2) is 0 Å². The normalized spacial score (nSPS) is 11.9. The molecule has 0 saturated heterocycles. The Morgan fingerprint density at radius 1 is 1.06 bits per heavy atom. The number of sulfonamides is 1. The van der Waals surface area contributed by atoms with E-state index in [2.05, 4.69) is 10.0 Å². The van der Waals surface area contributed by atoms with Gasteiger partial charge in [-0.15, -0.1) is 0 Å². The van der Waals surface area contributed by atoms with E-state index in [1.54, 1.807) is 7.11 Å². The molecule has 0 aliphatic heterocycles. The highest BCUT2D eigenvalue weighted by atomic mass is 32.2. The molecule has 0 fully saturated rings. The Bertz CT molecular complexity index is 244. The topological polar surface area (TPSA) is 76.7 Å². The van der Waals surface area contributed by atoms with Gasteiger partial charge in [-0.2, -0.15) is 0 Å². The number of rotatable bonds is 11. The standard InChI is InChI=1S/C9H22N2O4S/c1-14-8-9-15-7-3-4-10-5-6-11-16(2,12)13/h10-11H,3-9H2,1-2H3. The first-order chi connectivity index (χ1) is 7.56. The van der Waals surface area contributed by atoms with Gasteiger partial charge in [-0.1, -0.05) is 0 Å². The molecule has 0 heterocycles. The van der Waals surface area contributed by atoms with Crippen LogP contribution in [0.15, 0.2) is 0 Å². The molecule has 0 aromatic heterocycles. The Labute approximate surface area is 97.7 Å². The average molecular weight is 254 g/mol. The Kier molecular flexibility index (Phi) is 9.85. The lowest BCUT2D eigenvalue weighted by molar-refractivity contribution is 0.0695. The summed E-state index contributed by atoms with van der Waals surface area (Å²) in [6, 6.07) is 0. The average Bonchev–Trinajstić information content (AvgIpc) is 2.19. The van der Waals surface area contributed by atoms with E-state index in [9.17, 15) is 8.42 Å². The maximum Gasteiger partial charge on any atom is 0.208 e. The zero-order chi connectivity index (χ0) is 12.3. The second-order valence-electron chi connectivity index (χ2n) is 3.38. The molecule has 0 aromatic carbocycles. The van der Waals surface area contributed by atoms with Gasteiger partial charge in [0.25, 0.3) is 0 Å². The van der Waals surface area contributed by atoms with Crippen LogP contribution in [0.5, 0.6) is 0 Å². The summed E-state index contributed by atoms with van der Waals surface area (Å²) >= 11 is 0. The third-order valence-corrected chi connectivity index (χ3v) is 2.47. The van der Waals surface area contributed by atoms with Crippen molar-refractivity contribution in [2.75, 3.05) is 52.8 Å². The fraction of sp³-hybridized carbons (Fsp3) is 1.00.